The van der Waals surface area contributed by atoms with Gasteiger partial charge in [-0.25, -0.2) is 0 Å². The maximum Gasteiger partial charge on any atom is 0.251 e. The average Bonchev–Trinajstić information content (AvgIpc) is 3.02. The van der Waals surface area contributed by atoms with E-state index in [1.54, 1.807) is 18.2 Å². The first-order valence-corrected chi connectivity index (χ1v) is 7.52. The van der Waals surface area contributed by atoms with Crippen LogP contribution in [0.2, 0.25) is 0 Å². The van der Waals surface area contributed by atoms with Gasteiger partial charge < -0.3 is 19.5 Å². The number of ether oxygens (including phenoxy) is 3. The Morgan fingerprint density at radius 2 is 2.00 bits per heavy atom. The number of aryl methyl sites for hydroxylation is 1. The summed E-state index contributed by atoms with van der Waals surface area (Å²) in [6.07, 6.45) is 0. The molecule has 5 nitrogen and oxygen atoms in total. The molecule has 23 heavy (non-hydrogen) atoms. The van der Waals surface area contributed by atoms with Crippen LogP contribution in [0, 0.1) is 13.8 Å². The van der Waals surface area contributed by atoms with E-state index < -0.39 is 0 Å². The first-order valence-electron chi connectivity index (χ1n) is 7.52. The molecular formula is C18H19NO4. The first-order chi connectivity index (χ1) is 11.1. The minimum Gasteiger partial charge on any atom is -0.491 e. The van der Waals surface area contributed by atoms with Crippen molar-refractivity contribution >= 4 is 5.91 Å². The number of carbonyl (C=O) groups excluding carboxylic acids is 1. The number of hydrogen-bond donors (Lipinski definition) is 1. The van der Waals surface area contributed by atoms with Crippen LogP contribution in [0.1, 0.15) is 21.5 Å². The Morgan fingerprint density at radius 3 is 2.87 bits per heavy atom. The maximum absolute atomic E-state index is 12.1. The molecule has 1 N–H and O–H groups in total. The van der Waals surface area contributed by atoms with E-state index in [9.17, 15) is 4.79 Å². The van der Waals surface area contributed by atoms with E-state index in [0.717, 1.165) is 11.3 Å². The molecule has 1 amide bonds. The second kappa shape index (κ2) is 6.60. The molecule has 2 aromatic rings. The van der Waals surface area contributed by atoms with Gasteiger partial charge in [0.05, 0.1) is 6.54 Å². The smallest absolute Gasteiger partial charge is 0.251 e. The molecule has 0 spiro atoms. The molecule has 0 aliphatic carbocycles. The fourth-order valence-corrected chi connectivity index (χ4v) is 2.35. The summed E-state index contributed by atoms with van der Waals surface area (Å²) in [7, 11) is 0. The zero-order valence-electron chi connectivity index (χ0n) is 13.2. The van der Waals surface area contributed by atoms with Crippen LogP contribution in [0.15, 0.2) is 36.4 Å². The highest BCUT2D eigenvalue weighted by Gasteiger charge is 2.15. The van der Waals surface area contributed by atoms with Crippen molar-refractivity contribution in [2.45, 2.75) is 13.8 Å². The zero-order valence-corrected chi connectivity index (χ0v) is 13.2. The Morgan fingerprint density at radius 1 is 1.17 bits per heavy atom. The van der Waals surface area contributed by atoms with Gasteiger partial charge in [-0.1, -0.05) is 12.1 Å². The van der Waals surface area contributed by atoms with Gasteiger partial charge in [0.2, 0.25) is 6.79 Å². The Hall–Kier alpha value is -2.69. The van der Waals surface area contributed by atoms with Crippen molar-refractivity contribution < 1.29 is 19.0 Å². The summed E-state index contributed by atoms with van der Waals surface area (Å²) in [5.41, 5.74) is 2.85. The fourth-order valence-electron chi connectivity index (χ4n) is 2.35. The molecular weight excluding hydrogens is 294 g/mol. The van der Waals surface area contributed by atoms with Gasteiger partial charge in [-0.15, -0.1) is 0 Å². The molecule has 0 unspecified atom stereocenters. The van der Waals surface area contributed by atoms with E-state index in [1.165, 1.54) is 5.56 Å². The fraction of sp³-hybridized carbons (Fsp3) is 0.278. The highest BCUT2D eigenvalue weighted by atomic mass is 16.7. The summed E-state index contributed by atoms with van der Waals surface area (Å²) in [6, 6.07) is 11.1. The van der Waals surface area contributed by atoms with Crippen LogP contribution in [0.5, 0.6) is 17.2 Å². The van der Waals surface area contributed by atoms with Gasteiger partial charge in [-0.2, -0.15) is 0 Å². The Balaban J connectivity index is 1.51. The number of carbonyl (C=O) groups is 1. The van der Waals surface area contributed by atoms with Gasteiger partial charge in [0, 0.05) is 5.56 Å². The van der Waals surface area contributed by atoms with E-state index in [-0.39, 0.29) is 12.7 Å². The van der Waals surface area contributed by atoms with Crippen molar-refractivity contribution in [3.63, 3.8) is 0 Å². The average molecular weight is 313 g/mol. The van der Waals surface area contributed by atoms with Crippen LogP contribution in [-0.4, -0.2) is 25.9 Å². The highest BCUT2D eigenvalue weighted by molar-refractivity contribution is 5.94. The van der Waals surface area contributed by atoms with E-state index in [4.69, 9.17) is 14.2 Å². The molecule has 0 atom stereocenters. The Bertz CT molecular complexity index is 727. The zero-order chi connectivity index (χ0) is 16.2. The Labute approximate surface area is 135 Å². The number of amides is 1. The number of rotatable bonds is 5. The van der Waals surface area contributed by atoms with E-state index >= 15 is 0 Å². The SMILES string of the molecule is Cc1cccc(OCCNC(=O)c2ccc3c(c2)OCO3)c1C. The van der Waals surface area contributed by atoms with Gasteiger partial charge in [0.25, 0.3) is 5.91 Å². The minimum atomic E-state index is -0.159. The van der Waals surface area contributed by atoms with Crippen LogP contribution >= 0.6 is 0 Å². The lowest BCUT2D eigenvalue weighted by Gasteiger charge is -2.11. The molecule has 1 heterocycles. The number of benzene rings is 2. The minimum absolute atomic E-state index is 0.159. The van der Waals surface area contributed by atoms with Crippen LogP contribution in [0.4, 0.5) is 0 Å². The van der Waals surface area contributed by atoms with Crippen molar-refractivity contribution in [1.29, 1.82) is 0 Å². The van der Waals surface area contributed by atoms with E-state index in [2.05, 4.69) is 5.32 Å². The molecule has 0 aromatic heterocycles. The van der Waals surface area contributed by atoms with Crippen LogP contribution in [0.25, 0.3) is 0 Å². The Kier molecular flexibility index (Phi) is 4.37. The van der Waals surface area contributed by atoms with Crippen molar-refractivity contribution in [3.05, 3.63) is 53.1 Å². The molecule has 0 bridgehead atoms. The molecule has 1 aliphatic heterocycles. The molecule has 5 heteroatoms. The summed E-state index contributed by atoms with van der Waals surface area (Å²) in [4.78, 5) is 12.1. The van der Waals surface area contributed by atoms with Crippen molar-refractivity contribution in [2.75, 3.05) is 19.9 Å². The predicted molar refractivity (Wildman–Crippen MR) is 86.3 cm³/mol. The standard InChI is InChI=1S/C18H19NO4/c1-12-4-3-5-15(13(12)2)21-9-8-19-18(20)14-6-7-16-17(10-14)23-11-22-16/h3-7,10H,8-9,11H2,1-2H3,(H,19,20). The molecule has 3 rings (SSSR count). The summed E-state index contributed by atoms with van der Waals surface area (Å²) in [6.45, 7) is 5.12. The largest absolute Gasteiger partial charge is 0.491 e. The molecule has 120 valence electrons. The lowest BCUT2D eigenvalue weighted by molar-refractivity contribution is 0.0946. The van der Waals surface area contributed by atoms with Crippen molar-refractivity contribution in [2.24, 2.45) is 0 Å². The predicted octanol–water partition coefficient (Wildman–Crippen LogP) is 2.84. The van der Waals surface area contributed by atoms with Gasteiger partial charge in [-0.3, -0.25) is 4.79 Å². The first kappa shape index (κ1) is 15.2. The lowest BCUT2D eigenvalue weighted by atomic mass is 10.1. The van der Waals surface area contributed by atoms with E-state index in [1.807, 2.05) is 32.0 Å². The van der Waals surface area contributed by atoms with Gasteiger partial charge >= 0.3 is 0 Å². The lowest BCUT2D eigenvalue weighted by Crippen LogP contribution is -2.28. The number of fused-ring (bicyclic) bond motifs is 1. The summed E-state index contributed by atoms with van der Waals surface area (Å²) >= 11 is 0. The van der Waals surface area contributed by atoms with Crippen molar-refractivity contribution in [1.82, 2.24) is 5.32 Å². The summed E-state index contributed by atoms with van der Waals surface area (Å²) < 4.78 is 16.2. The molecule has 0 fully saturated rings. The third-order valence-electron chi connectivity index (χ3n) is 3.83. The highest BCUT2D eigenvalue weighted by Crippen LogP contribution is 2.32. The van der Waals surface area contributed by atoms with Crippen LogP contribution < -0.4 is 19.5 Å². The molecule has 0 saturated heterocycles. The van der Waals surface area contributed by atoms with Crippen LogP contribution in [-0.2, 0) is 0 Å². The van der Waals surface area contributed by atoms with Gasteiger partial charge in [0.1, 0.15) is 12.4 Å². The summed E-state index contributed by atoms with van der Waals surface area (Å²) in [5.74, 6) is 1.96. The maximum atomic E-state index is 12.1. The topological polar surface area (TPSA) is 56.8 Å². The third-order valence-corrected chi connectivity index (χ3v) is 3.83. The quantitative estimate of drug-likeness (QED) is 0.862. The number of nitrogens with one attached hydrogen (secondary N) is 1. The number of hydrogen-bond acceptors (Lipinski definition) is 4. The van der Waals surface area contributed by atoms with Gasteiger partial charge in [-0.05, 0) is 49.2 Å². The second-order valence-electron chi connectivity index (χ2n) is 5.37. The second-order valence-corrected chi connectivity index (χ2v) is 5.37. The molecule has 2 aromatic carbocycles. The van der Waals surface area contributed by atoms with Crippen LogP contribution in [0.3, 0.4) is 0 Å². The van der Waals surface area contributed by atoms with E-state index in [0.29, 0.717) is 30.2 Å². The monoisotopic (exact) mass is 313 g/mol. The normalized spacial score (nSPS) is 12.1. The van der Waals surface area contributed by atoms with Gasteiger partial charge in [0.15, 0.2) is 11.5 Å². The molecule has 1 aliphatic rings. The third kappa shape index (κ3) is 3.39. The molecule has 0 saturated carbocycles. The summed E-state index contributed by atoms with van der Waals surface area (Å²) in [5, 5.41) is 2.83. The van der Waals surface area contributed by atoms with Crippen molar-refractivity contribution in [3.8, 4) is 17.2 Å². The molecule has 0 radical (unpaired) electrons.